The van der Waals surface area contributed by atoms with Crippen LogP contribution in [0.1, 0.15) is 44.7 Å². The zero-order chi connectivity index (χ0) is 23.2. The second-order valence-electron chi connectivity index (χ2n) is 9.12. The largest absolute Gasteiger partial charge is 0.330 e. The van der Waals surface area contributed by atoms with Gasteiger partial charge in [-0.15, -0.1) is 0 Å². The summed E-state index contributed by atoms with van der Waals surface area (Å²) in [5, 5.41) is 14.5. The van der Waals surface area contributed by atoms with Gasteiger partial charge in [-0.1, -0.05) is 19.1 Å². The lowest BCUT2D eigenvalue weighted by atomic mass is 10.0. The van der Waals surface area contributed by atoms with Gasteiger partial charge in [-0.3, -0.25) is 14.5 Å². The van der Waals surface area contributed by atoms with Crippen LogP contribution < -0.4 is 5.14 Å². The third-order valence-corrected chi connectivity index (χ3v) is 7.93. The number of carbonyl (C=O) groups is 2. The Morgan fingerprint density at radius 3 is 2.75 bits per heavy atom. The van der Waals surface area contributed by atoms with Crippen molar-refractivity contribution in [2.24, 2.45) is 11.1 Å². The number of sulfonamides is 1. The number of fused-ring (bicyclic) bond motifs is 2. The van der Waals surface area contributed by atoms with Crippen LogP contribution in [-0.2, 0) is 19.6 Å². The number of hydrogen-bond acceptors (Lipinski definition) is 6. The Bertz CT molecular complexity index is 1070. The molecule has 172 valence electrons. The maximum atomic E-state index is 13.2. The fraction of sp³-hybridized carbons (Fsp3) is 0.591. The summed E-state index contributed by atoms with van der Waals surface area (Å²) in [6, 6.07) is 7.75. The van der Waals surface area contributed by atoms with Crippen molar-refractivity contribution < 1.29 is 18.0 Å². The Balaban J connectivity index is 1.42. The lowest BCUT2D eigenvalue weighted by molar-refractivity contribution is -0.142. The number of rotatable bonds is 6. The molecule has 1 aromatic carbocycles. The van der Waals surface area contributed by atoms with Crippen LogP contribution in [0, 0.1) is 17.2 Å². The average molecular weight is 460 g/mol. The highest BCUT2D eigenvalue weighted by Crippen LogP contribution is 2.38. The first kappa shape index (κ1) is 22.7. The Morgan fingerprint density at radius 2 is 2.09 bits per heavy atom. The highest BCUT2D eigenvalue weighted by atomic mass is 32.2. The summed E-state index contributed by atoms with van der Waals surface area (Å²) in [4.78, 5) is 31.7. The van der Waals surface area contributed by atoms with Crippen LogP contribution in [0.2, 0.25) is 0 Å². The maximum Gasteiger partial charge on any atom is 0.240 e. The predicted molar refractivity (Wildman–Crippen MR) is 116 cm³/mol. The molecule has 10 heteroatoms. The third-order valence-electron chi connectivity index (χ3n) is 7.02. The molecule has 0 aromatic heterocycles. The molecule has 0 saturated carbocycles. The molecule has 9 nitrogen and oxygen atoms in total. The van der Waals surface area contributed by atoms with Crippen molar-refractivity contribution >= 4 is 21.8 Å². The van der Waals surface area contributed by atoms with E-state index in [1.807, 2.05) is 18.7 Å². The van der Waals surface area contributed by atoms with Crippen molar-refractivity contribution in [3.8, 4) is 6.07 Å². The van der Waals surface area contributed by atoms with E-state index in [-0.39, 0.29) is 46.8 Å². The number of nitriles is 1. The molecule has 3 aliphatic heterocycles. The second kappa shape index (κ2) is 8.46. The van der Waals surface area contributed by atoms with Gasteiger partial charge >= 0.3 is 0 Å². The number of nitrogens with two attached hydrogens (primary N) is 1. The van der Waals surface area contributed by atoms with E-state index in [1.54, 1.807) is 17.0 Å². The van der Waals surface area contributed by atoms with E-state index >= 15 is 0 Å². The molecular formula is C22H29N5O4S. The van der Waals surface area contributed by atoms with Crippen molar-refractivity contribution in [2.45, 2.75) is 62.2 Å². The van der Waals surface area contributed by atoms with Crippen molar-refractivity contribution in [3.63, 3.8) is 0 Å². The van der Waals surface area contributed by atoms with E-state index in [1.165, 1.54) is 12.1 Å². The van der Waals surface area contributed by atoms with Gasteiger partial charge in [0, 0.05) is 31.6 Å². The van der Waals surface area contributed by atoms with Crippen molar-refractivity contribution in [1.82, 2.24) is 14.7 Å². The zero-order valence-corrected chi connectivity index (χ0v) is 19.2. The Hall–Kier alpha value is -2.48. The molecule has 0 unspecified atom stereocenters. The number of piperazine rings is 1. The molecular weight excluding hydrogens is 430 g/mol. The molecule has 3 heterocycles. The third kappa shape index (κ3) is 4.00. The van der Waals surface area contributed by atoms with Gasteiger partial charge in [-0.2, -0.15) is 5.26 Å². The number of likely N-dealkylation sites (tertiary alicyclic amines) is 3. The number of hydrogen-bond donors (Lipinski definition) is 1. The van der Waals surface area contributed by atoms with Crippen LogP contribution in [0.5, 0.6) is 0 Å². The molecule has 5 atom stereocenters. The van der Waals surface area contributed by atoms with Crippen molar-refractivity contribution in [1.29, 1.82) is 5.26 Å². The molecule has 1 aromatic rings. The number of amides is 2. The van der Waals surface area contributed by atoms with E-state index in [9.17, 15) is 23.3 Å². The van der Waals surface area contributed by atoms with Gasteiger partial charge in [-0.25, -0.2) is 13.6 Å². The van der Waals surface area contributed by atoms with Crippen LogP contribution >= 0.6 is 0 Å². The highest BCUT2D eigenvalue weighted by molar-refractivity contribution is 7.89. The summed E-state index contributed by atoms with van der Waals surface area (Å²) < 4.78 is 23.4. The second-order valence-corrected chi connectivity index (χ2v) is 10.7. The normalized spacial score (nSPS) is 27.6. The molecule has 0 spiro atoms. The Kier molecular flexibility index (Phi) is 6.00. The van der Waals surface area contributed by atoms with Gasteiger partial charge in [-0.05, 0) is 43.9 Å². The average Bonchev–Trinajstić information content (AvgIpc) is 3.46. The van der Waals surface area contributed by atoms with Crippen LogP contribution in [-0.4, -0.2) is 72.7 Å². The molecule has 3 fully saturated rings. The van der Waals surface area contributed by atoms with E-state index in [0.29, 0.717) is 26.1 Å². The summed E-state index contributed by atoms with van der Waals surface area (Å²) in [6.07, 6.45) is 2.27. The lowest BCUT2D eigenvalue weighted by Crippen LogP contribution is -2.53. The molecule has 2 bridgehead atoms. The number of carbonyl (C=O) groups excluding carboxylic acids is 2. The number of primary sulfonamides is 1. The Labute approximate surface area is 188 Å². The van der Waals surface area contributed by atoms with Crippen molar-refractivity contribution in [3.05, 3.63) is 29.8 Å². The predicted octanol–water partition coefficient (Wildman–Crippen LogP) is 0.831. The first-order valence-electron chi connectivity index (χ1n) is 11.0. The number of nitrogens with zero attached hydrogens (tertiary/aromatic N) is 4. The van der Waals surface area contributed by atoms with Crippen molar-refractivity contribution in [2.75, 3.05) is 19.6 Å². The lowest BCUT2D eigenvalue weighted by Gasteiger charge is -2.38. The molecule has 32 heavy (non-hydrogen) atoms. The minimum Gasteiger partial charge on any atom is -0.330 e. The standard InChI is InChI=1S/C22H29N5O4S/c1-14(21(28)26-8-4-6-17(26)11-23)12-25-13-18-10-20(25)22(29)27(18)15(2)16-5-3-7-19(9-16)32(24,30)31/h3,5,7,9,14-15,17-18,20H,4,6,8,10,12-13H2,1-2H3,(H2,24,30,31)/t14-,15+,17-,18-,20-/m0/s1. The SMILES string of the molecule is C[C@H](c1cccc(S(N)(=O)=O)c1)N1C(=O)[C@@H]2C[C@H]1CN2C[C@H](C)C(=O)N1CCC[C@H]1C#N. The molecule has 2 N–H and O–H groups in total. The first-order chi connectivity index (χ1) is 15.1. The molecule has 3 saturated heterocycles. The zero-order valence-electron chi connectivity index (χ0n) is 18.3. The molecule has 2 amide bonds. The highest BCUT2D eigenvalue weighted by Gasteiger charge is 2.51. The van der Waals surface area contributed by atoms with Crippen LogP contribution in [0.4, 0.5) is 0 Å². The van der Waals surface area contributed by atoms with E-state index < -0.39 is 10.0 Å². The Morgan fingerprint density at radius 1 is 1.34 bits per heavy atom. The smallest absolute Gasteiger partial charge is 0.240 e. The number of benzene rings is 1. The van der Waals surface area contributed by atoms with Gasteiger partial charge in [0.1, 0.15) is 6.04 Å². The summed E-state index contributed by atoms with van der Waals surface area (Å²) in [7, 11) is -3.82. The molecule has 4 rings (SSSR count). The minimum atomic E-state index is -3.82. The summed E-state index contributed by atoms with van der Waals surface area (Å²) in [5.74, 6) is -0.298. The fourth-order valence-corrected chi connectivity index (χ4v) is 5.96. The summed E-state index contributed by atoms with van der Waals surface area (Å²) in [5.41, 5.74) is 0.726. The maximum absolute atomic E-state index is 13.2. The monoisotopic (exact) mass is 459 g/mol. The van der Waals surface area contributed by atoms with Crippen LogP contribution in [0.15, 0.2) is 29.2 Å². The van der Waals surface area contributed by atoms with Crippen LogP contribution in [0.25, 0.3) is 0 Å². The van der Waals surface area contributed by atoms with Gasteiger partial charge < -0.3 is 9.80 Å². The van der Waals surface area contributed by atoms with Crippen LogP contribution in [0.3, 0.4) is 0 Å². The van der Waals surface area contributed by atoms with Gasteiger partial charge in [0.2, 0.25) is 21.8 Å². The minimum absolute atomic E-state index is 0.00508. The molecule has 3 aliphatic rings. The summed E-state index contributed by atoms with van der Waals surface area (Å²) in [6.45, 7) is 5.55. The first-order valence-corrected chi connectivity index (χ1v) is 12.6. The fourth-order valence-electron chi connectivity index (χ4n) is 5.39. The molecule has 0 aliphatic carbocycles. The topological polar surface area (TPSA) is 128 Å². The van der Waals surface area contributed by atoms with Gasteiger partial charge in [0.05, 0.1) is 23.0 Å². The van der Waals surface area contributed by atoms with E-state index in [2.05, 4.69) is 11.0 Å². The molecule has 0 radical (unpaired) electrons. The summed E-state index contributed by atoms with van der Waals surface area (Å²) >= 11 is 0. The van der Waals surface area contributed by atoms with E-state index in [0.717, 1.165) is 18.4 Å². The quantitative estimate of drug-likeness (QED) is 0.671. The van der Waals surface area contributed by atoms with Gasteiger partial charge in [0.25, 0.3) is 0 Å². The van der Waals surface area contributed by atoms with Gasteiger partial charge in [0.15, 0.2) is 0 Å². The van der Waals surface area contributed by atoms with E-state index in [4.69, 9.17) is 5.14 Å².